The van der Waals surface area contributed by atoms with Crippen molar-refractivity contribution in [1.29, 1.82) is 0 Å². The van der Waals surface area contributed by atoms with Crippen molar-refractivity contribution in [3.63, 3.8) is 0 Å². The largest absolute Gasteiger partial charge is 0.468 e. The minimum absolute atomic E-state index is 0.146. The maximum absolute atomic E-state index is 13.5. The third kappa shape index (κ3) is 5.67. The molecule has 0 aliphatic heterocycles. The summed E-state index contributed by atoms with van der Waals surface area (Å²) in [6.45, 7) is 19.9. The number of ketones is 1. The number of Topliss-reactive ketones (excluding diaryl/α,β-unsaturated/α-hetero) is 1. The number of furan rings is 1. The van der Waals surface area contributed by atoms with Gasteiger partial charge in [-0.15, -0.1) is 18.7 Å². The van der Waals surface area contributed by atoms with Crippen molar-refractivity contribution in [2.24, 2.45) is 0 Å². The predicted octanol–water partition coefficient (Wildman–Crippen LogP) is 5.67. The molecule has 1 aromatic carbocycles. The van der Waals surface area contributed by atoms with E-state index in [1.54, 1.807) is 6.26 Å². The van der Waals surface area contributed by atoms with E-state index in [2.05, 4.69) is 60.2 Å². The van der Waals surface area contributed by atoms with Crippen LogP contribution in [0.2, 0.25) is 0 Å². The summed E-state index contributed by atoms with van der Waals surface area (Å²) in [7, 11) is -2.20. The van der Waals surface area contributed by atoms with E-state index in [0.717, 1.165) is 50.6 Å². The summed E-state index contributed by atoms with van der Waals surface area (Å²) >= 11 is 0. The molecule has 1 heterocycles. The first kappa shape index (κ1) is 26.7. The molecule has 2 rings (SSSR count). The van der Waals surface area contributed by atoms with E-state index in [4.69, 9.17) is 4.42 Å². The van der Waals surface area contributed by atoms with Crippen LogP contribution in [0.25, 0.3) is 0 Å². The van der Waals surface area contributed by atoms with Crippen LogP contribution in [-0.2, 0) is 6.54 Å². The van der Waals surface area contributed by atoms with Gasteiger partial charge >= 0.3 is 7.87 Å². The second-order valence-electron chi connectivity index (χ2n) is 7.64. The maximum atomic E-state index is 13.5. The molecule has 0 saturated carbocycles. The highest BCUT2D eigenvalue weighted by Gasteiger charge is 2.59. The summed E-state index contributed by atoms with van der Waals surface area (Å²) < 4.78 is 16.0. The Morgan fingerprint density at radius 1 is 0.719 bits per heavy atom. The van der Waals surface area contributed by atoms with Gasteiger partial charge in [0.15, 0.2) is 5.78 Å². The minimum Gasteiger partial charge on any atom is -0.468 e. The first-order valence-electron chi connectivity index (χ1n) is 12.0. The Morgan fingerprint density at radius 3 is 1.62 bits per heavy atom. The molecule has 0 atom stereocenters. The minimum atomic E-state index is -2.20. The molecule has 0 spiro atoms. The van der Waals surface area contributed by atoms with Crippen molar-refractivity contribution in [1.82, 2.24) is 18.7 Å². The molecule has 32 heavy (non-hydrogen) atoms. The van der Waals surface area contributed by atoms with Crippen LogP contribution in [0.3, 0.4) is 0 Å². The second-order valence-corrected chi connectivity index (χ2v) is 11.0. The van der Waals surface area contributed by atoms with Crippen LogP contribution in [0, 0.1) is 0 Å². The van der Waals surface area contributed by atoms with Gasteiger partial charge in [0.25, 0.3) is 0 Å². The summed E-state index contributed by atoms with van der Waals surface area (Å²) in [5.41, 5.74) is 0.758. The van der Waals surface area contributed by atoms with Crippen LogP contribution in [-0.4, -0.2) is 70.3 Å². The molecule has 1 aromatic heterocycles. The molecule has 0 aliphatic rings. The van der Waals surface area contributed by atoms with Gasteiger partial charge in [0.05, 0.1) is 12.8 Å². The quantitative estimate of drug-likeness (QED) is 0.252. The lowest BCUT2D eigenvalue weighted by Gasteiger charge is -2.50. The Balaban J connectivity index is 2.68. The van der Waals surface area contributed by atoms with Crippen molar-refractivity contribution in [2.75, 3.05) is 45.8 Å². The molecule has 178 valence electrons. The Bertz CT molecular complexity index is 741. The number of carbonyl (C=O) groups excluding carboxylic acids is 1. The van der Waals surface area contributed by atoms with Crippen LogP contribution in [0.4, 0.5) is 0 Å². The molecule has 2 aromatic rings. The number of rotatable bonds is 15. The highest BCUT2D eigenvalue weighted by molar-refractivity contribution is 7.66. The zero-order chi connectivity index (χ0) is 23.6. The number of hydrogen-bond donors (Lipinski definition) is 0. The summed E-state index contributed by atoms with van der Waals surface area (Å²) in [5.74, 6) is 1.04. The van der Waals surface area contributed by atoms with E-state index in [9.17, 15) is 4.79 Å². The normalized spacial score (nSPS) is 12.4. The van der Waals surface area contributed by atoms with Crippen LogP contribution in [0.1, 0.15) is 57.7 Å². The molecule has 0 aliphatic carbocycles. The molecule has 0 radical (unpaired) electrons. The first-order chi connectivity index (χ1) is 15.5. The van der Waals surface area contributed by atoms with Crippen LogP contribution < -0.4 is 0 Å². The zero-order valence-corrected chi connectivity index (χ0v) is 21.7. The van der Waals surface area contributed by atoms with Crippen LogP contribution in [0.15, 0.2) is 53.1 Å². The highest BCUT2D eigenvalue weighted by atomic mass is 31.2. The van der Waals surface area contributed by atoms with Crippen molar-refractivity contribution in [2.45, 2.75) is 48.1 Å². The van der Waals surface area contributed by atoms with E-state index in [-0.39, 0.29) is 5.78 Å². The predicted molar refractivity (Wildman–Crippen MR) is 136 cm³/mol. The van der Waals surface area contributed by atoms with E-state index in [1.165, 1.54) is 0 Å². The van der Waals surface area contributed by atoms with E-state index in [1.807, 2.05) is 42.5 Å². The van der Waals surface area contributed by atoms with Gasteiger partial charge in [0, 0.05) is 44.8 Å². The average molecular weight is 462 g/mol. The maximum Gasteiger partial charge on any atom is 0.309 e. The Kier molecular flexibility index (Phi) is 11.0. The molecule has 0 N–H and O–H groups in total. The molecule has 0 saturated heterocycles. The fourth-order valence-corrected chi connectivity index (χ4v) is 9.66. The fraction of sp³-hybridized carbons (Fsp3) is 0.560. The molecule has 0 fully saturated rings. The summed E-state index contributed by atoms with van der Waals surface area (Å²) in [6.07, 6.45) is 1.72. The van der Waals surface area contributed by atoms with Gasteiger partial charge in [-0.1, -0.05) is 30.3 Å². The number of nitrogens with zero attached hydrogens (tertiary/aromatic N) is 4. The molecule has 0 unspecified atom stereocenters. The van der Waals surface area contributed by atoms with Gasteiger partial charge in [0.1, 0.15) is 12.3 Å². The van der Waals surface area contributed by atoms with E-state index < -0.39 is 7.87 Å². The van der Waals surface area contributed by atoms with Gasteiger partial charge in [-0.25, -0.2) is 0 Å². The fourth-order valence-electron chi connectivity index (χ4n) is 4.59. The van der Waals surface area contributed by atoms with E-state index in [0.29, 0.717) is 13.1 Å². The Morgan fingerprint density at radius 2 is 1.22 bits per heavy atom. The summed E-state index contributed by atoms with van der Waals surface area (Å²) in [4.78, 5) is 13.5. The number of benzene rings is 1. The third-order valence-electron chi connectivity index (χ3n) is 6.05. The lowest BCUT2D eigenvalue weighted by Crippen LogP contribution is -2.53. The van der Waals surface area contributed by atoms with Gasteiger partial charge < -0.3 is 4.42 Å². The van der Waals surface area contributed by atoms with Gasteiger partial charge in [-0.05, 0) is 53.7 Å². The van der Waals surface area contributed by atoms with Crippen molar-refractivity contribution >= 4 is 13.6 Å². The summed E-state index contributed by atoms with van der Waals surface area (Å²) in [6, 6.07) is 13.6. The lowest BCUT2D eigenvalue weighted by molar-refractivity contribution is 0.0950. The van der Waals surface area contributed by atoms with Crippen LogP contribution in [0.5, 0.6) is 0 Å². The van der Waals surface area contributed by atoms with Gasteiger partial charge in [0.2, 0.25) is 0 Å². The van der Waals surface area contributed by atoms with Crippen molar-refractivity contribution in [3.8, 4) is 0 Å². The lowest BCUT2D eigenvalue weighted by atomic mass is 10.1. The number of hydrogen-bond acceptors (Lipinski definition) is 6. The zero-order valence-electron chi connectivity index (χ0n) is 20.8. The average Bonchev–Trinajstić information content (AvgIpc) is 3.34. The molecule has 7 heteroatoms. The van der Waals surface area contributed by atoms with Crippen molar-refractivity contribution in [3.05, 3.63) is 60.1 Å². The molecule has 6 nitrogen and oxygen atoms in total. The Labute approximate surface area is 195 Å². The highest BCUT2D eigenvalue weighted by Crippen LogP contribution is 2.70. The van der Waals surface area contributed by atoms with Gasteiger partial charge in [-0.2, -0.15) is 0 Å². The van der Waals surface area contributed by atoms with E-state index >= 15 is 0 Å². The van der Waals surface area contributed by atoms with Gasteiger partial charge in [-0.3, -0.25) is 4.79 Å². The molecular weight excluding hydrogens is 419 g/mol. The second kappa shape index (κ2) is 13.2. The SMILES string of the molecule is CCN(CC)[P+](N(CC)CC)(N(CC)CC)N(CC(=O)c1ccccc1)Cc1ccco1. The smallest absolute Gasteiger partial charge is 0.309 e. The molecule has 0 amide bonds. The summed E-state index contributed by atoms with van der Waals surface area (Å²) in [5, 5.41) is 0. The third-order valence-corrected chi connectivity index (χ3v) is 11.1. The topological polar surface area (TPSA) is 43.2 Å². The number of carbonyl (C=O) groups is 1. The monoisotopic (exact) mass is 461 g/mol. The first-order valence-corrected chi connectivity index (χ1v) is 13.6. The van der Waals surface area contributed by atoms with Crippen molar-refractivity contribution < 1.29 is 9.21 Å². The molecular formula is C25H42N4O2P+. The standard InChI is InChI=1S/C25H42N4O2P/c1-7-26(8-2)32(27(9-3)10-4,28(11-5)12-6)29(21-24-19-16-20-31-24)22-25(30)23-17-14-13-15-18-23/h13-20H,7-12,21-22H2,1-6H3/q+1. The van der Waals surface area contributed by atoms with Crippen LogP contribution >= 0.6 is 7.87 Å². The Hall–Kier alpha value is -1.56. The molecule has 0 bridgehead atoms.